The van der Waals surface area contributed by atoms with E-state index in [9.17, 15) is 4.39 Å². The fourth-order valence-corrected chi connectivity index (χ4v) is 0.963. The Labute approximate surface area is 76.0 Å². The van der Waals surface area contributed by atoms with Crippen LogP contribution in [0.3, 0.4) is 0 Å². The Hall–Kier alpha value is -1.45. The van der Waals surface area contributed by atoms with Gasteiger partial charge in [-0.2, -0.15) is 4.39 Å². The quantitative estimate of drug-likeness (QED) is 0.719. The van der Waals surface area contributed by atoms with Crippen LogP contribution in [0.5, 0.6) is 17.2 Å². The van der Waals surface area contributed by atoms with Crippen LogP contribution in [0.25, 0.3) is 0 Å². The summed E-state index contributed by atoms with van der Waals surface area (Å²) in [5, 5.41) is 0. The van der Waals surface area contributed by atoms with Crippen molar-refractivity contribution < 1.29 is 18.6 Å². The number of hydrogen-bond donors (Lipinski definition) is 0. The van der Waals surface area contributed by atoms with Crippen LogP contribution in [0.15, 0.2) is 12.1 Å². The highest BCUT2D eigenvalue weighted by molar-refractivity contribution is 5.43. The zero-order valence-corrected chi connectivity index (χ0v) is 7.76. The number of benzene rings is 1. The highest BCUT2D eigenvalue weighted by Gasteiger charge is 2.11. The summed E-state index contributed by atoms with van der Waals surface area (Å²) in [6.45, 7) is 0. The highest BCUT2D eigenvalue weighted by atomic mass is 18.2. The van der Waals surface area contributed by atoms with E-state index in [0.29, 0.717) is 5.75 Å². The first-order valence-electron chi connectivity index (χ1n) is 3.68. The molecule has 0 aromatic heterocycles. The Kier molecular flexibility index (Phi) is 2.95. The molecule has 3 nitrogen and oxygen atoms in total. The summed E-state index contributed by atoms with van der Waals surface area (Å²) in [5.74, 6) is 0.188. The van der Waals surface area contributed by atoms with Crippen molar-refractivity contribution in [1.29, 1.82) is 0 Å². The van der Waals surface area contributed by atoms with E-state index in [4.69, 9.17) is 14.2 Å². The lowest BCUT2D eigenvalue weighted by Gasteiger charge is -2.08. The lowest BCUT2D eigenvalue weighted by molar-refractivity contribution is 0.340. The fourth-order valence-electron chi connectivity index (χ4n) is 0.963. The van der Waals surface area contributed by atoms with Crippen LogP contribution in [0.2, 0.25) is 0 Å². The summed E-state index contributed by atoms with van der Waals surface area (Å²) in [7, 11) is 4.26. The second-order valence-electron chi connectivity index (χ2n) is 2.35. The van der Waals surface area contributed by atoms with Crippen LogP contribution in [0.4, 0.5) is 4.39 Å². The molecule has 0 heterocycles. The molecule has 4 heteroatoms. The summed E-state index contributed by atoms with van der Waals surface area (Å²) < 4.78 is 27.8. The summed E-state index contributed by atoms with van der Waals surface area (Å²) in [5.41, 5.74) is 0. The van der Waals surface area contributed by atoms with Crippen LogP contribution in [0, 0.1) is 5.82 Å². The topological polar surface area (TPSA) is 27.7 Å². The van der Waals surface area contributed by atoms with Crippen LogP contribution in [-0.2, 0) is 0 Å². The van der Waals surface area contributed by atoms with Gasteiger partial charge in [-0.1, -0.05) is 0 Å². The van der Waals surface area contributed by atoms with Crippen molar-refractivity contribution in [3.05, 3.63) is 17.9 Å². The first-order valence-corrected chi connectivity index (χ1v) is 3.68. The van der Waals surface area contributed by atoms with Gasteiger partial charge in [0.1, 0.15) is 5.75 Å². The van der Waals surface area contributed by atoms with Crippen LogP contribution in [-0.4, -0.2) is 21.3 Å². The molecule has 0 N–H and O–H groups in total. The first-order chi connectivity index (χ1) is 6.22. The van der Waals surface area contributed by atoms with Crippen molar-refractivity contribution in [2.24, 2.45) is 0 Å². The van der Waals surface area contributed by atoms with Crippen LogP contribution >= 0.6 is 0 Å². The average molecular weight is 185 g/mol. The Bertz CT molecular complexity index is 274. The molecule has 0 aliphatic carbocycles. The second kappa shape index (κ2) is 3.98. The third kappa shape index (κ3) is 1.83. The summed E-state index contributed by atoms with van der Waals surface area (Å²) in [6, 6.07) is 2.91. The smallest absolute Gasteiger partial charge is 0.207 e. The van der Waals surface area contributed by atoms with Crippen molar-refractivity contribution in [3.63, 3.8) is 0 Å². The van der Waals surface area contributed by atoms with Gasteiger partial charge in [0, 0.05) is 12.1 Å². The standard InChI is InChI=1S/C9H11FO3/c1-11-6-4-7(12-2)9(10)8(5-6)13-3/h4-5H,1-3H3/i10-1. The minimum atomic E-state index is -0.522. The van der Waals surface area contributed by atoms with E-state index in [1.54, 1.807) is 0 Å². The molecule has 0 unspecified atom stereocenters. The van der Waals surface area contributed by atoms with E-state index in [0.717, 1.165) is 0 Å². The van der Waals surface area contributed by atoms with E-state index in [-0.39, 0.29) is 11.5 Å². The Balaban J connectivity index is 3.20. The molecule has 1 aromatic carbocycles. The molecule has 0 atom stereocenters. The maximum Gasteiger partial charge on any atom is 0.207 e. The third-order valence-electron chi connectivity index (χ3n) is 1.65. The lowest BCUT2D eigenvalue weighted by Crippen LogP contribution is -1.95. The van der Waals surface area contributed by atoms with Gasteiger partial charge in [0.15, 0.2) is 11.5 Å². The molecule has 0 saturated carbocycles. The summed E-state index contributed by atoms with van der Waals surface area (Å²) in [6.07, 6.45) is 0. The van der Waals surface area contributed by atoms with E-state index < -0.39 is 5.82 Å². The average Bonchev–Trinajstić information content (AvgIpc) is 2.18. The van der Waals surface area contributed by atoms with Gasteiger partial charge in [-0.25, -0.2) is 0 Å². The second-order valence-corrected chi connectivity index (χ2v) is 2.35. The van der Waals surface area contributed by atoms with E-state index in [1.807, 2.05) is 0 Å². The molecule has 0 aliphatic heterocycles. The minimum Gasteiger partial charge on any atom is -0.496 e. The van der Waals surface area contributed by atoms with Crippen molar-refractivity contribution in [3.8, 4) is 17.2 Å². The number of hydrogen-bond acceptors (Lipinski definition) is 3. The van der Waals surface area contributed by atoms with E-state index in [2.05, 4.69) is 0 Å². The molecule has 0 spiro atoms. The minimum absolute atomic E-state index is 0.108. The molecule has 0 fully saturated rings. The van der Waals surface area contributed by atoms with E-state index >= 15 is 0 Å². The predicted octanol–water partition coefficient (Wildman–Crippen LogP) is 1.85. The largest absolute Gasteiger partial charge is 0.496 e. The first kappa shape index (κ1) is 9.64. The Morgan fingerprint density at radius 2 is 1.38 bits per heavy atom. The van der Waals surface area contributed by atoms with Crippen molar-refractivity contribution >= 4 is 0 Å². The molecule has 72 valence electrons. The van der Waals surface area contributed by atoms with Gasteiger partial charge in [-0.15, -0.1) is 0 Å². The zero-order valence-electron chi connectivity index (χ0n) is 7.76. The van der Waals surface area contributed by atoms with Gasteiger partial charge in [0.05, 0.1) is 21.3 Å². The van der Waals surface area contributed by atoms with Crippen molar-refractivity contribution in [2.45, 2.75) is 0 Å². The maximum absolute atomic E-state index is 13.3. The predicted molar refractivity (Wildman–Crippen MR) is 46.1 cm³/mol. The molecule has 0 amide bonds. The Morgan fingerprint density at radius 3 is 1.69 bits per heavy atom. The van der Waals surface area contributed by atoms with Crippen molar-refractivity contribution in [1.82, 2.24) is 0 Å². The Morgan fingerprint density at radius 1 is 0.923 bits per heavy atom. The lowest BCUT2D eigenvalue weighted by atomic mass is 10.3. The highest BCUT2D eigenvalue weighted by Crippen LogP contribution is 2.31. The molecule has 0 radical (unpaired) electrons. The van der Waals surface area contributed by atoms with E-state index in [1.165, 1.54) is 33.5 Å². The van der Waals surface area contributed by atoms with Crippen LogP contribution in [0.1, 0.15) is 0 Å². The van der Waals surface area contributed by atoms with Crippen LogP contribution < -0.4 is 14.2 Å². The molecule has 13 heavy (non-hydrogen) atoms. The van der Waals surface area contributed by atoms with Gasteiger partial charge in [-0.05, 0) is 0 Å². The number of rotatable bonds is 3. The molecule has 0 saturated heterocycles. The molecule has 1 rings (SSSR count). The SMILES string of the molecule is COc1cc(OC)c([18F])c(OC)c1. The molecule has 0 aliphatic rings. The maximum atomic E-state index is 13.3. The molecule has 0 bridgehead atoms. The number of halogens is 1. The third-order valence-corrected chi connectivity index (χ3v) is 1.65. The molecular weight excluding hydrogens is 174 g/mol. The molecule has 1 aromatic rings. The normalized spacial score (nSPS) is 9.54. The fraction of sp³-hybridized carbons (Fsp3) is 0.333. The monoisotopic (exact) mass is 185 g/mol. The number of ether oxygens (including phenoxy) is 3. The van der Waals surface area contributed by atoms with Gasteiger partial charge in [0.2, 0.25) is 5.82 Å². The summed E-state index contributed by atoms with van der Waals surface area (Å²) >= 11 is 0. The molecular formula is C9H11FO3. The van der Waals surface area contributed by atoms with Crippen molar-refractivity contribution in [2.75, 3.05) is 21.3 Å². The number of methoxy groups -OCH3 is 3. The van der Waals surface area contributed by atoms with Gasteiger partial charge < -0.3 is 14.2 Å². The van der Waals surface area contributed by atoms with Gasteiger partial charge in [0.25, 0.3) is 0 Å². The zero-order chi connectivity index (χ0) is 9.84. The summed E-state index contributed by atoms with van der Waals surface area (Å²) in [4.78, 5) is 0. The van der Waals surface area contributed by atoms with Gasteiger partial charge >= 0.3 is 0 Å². The van der Waals surface area contributed by atoms with Gasteiger partial charge in [-0.3, -0.25) is 0 Å².